The Morgan fingerprint density at radius 3 is 2.58 bits per heavy atom. The highest BCUT2D eigenvalue weighted by molar-refractivity contribution is 8.00. The van der Waals surface area contributed by atoms with E-state index in [1.54, 1.807) is 0 Å². The fourth-order valence-corrected chi connectivity index (χ4v) is 1.74. The SMILES string of the molecule is COCCNC(=O)NC(=O)CSCC(N)C(=O)OC. The van der Waals surface area contributed by atoms with Crippen LogP contribution < -0.4 is 16.4 Å². The molecule has 3 amide bonds. The Morgan fingerprint density at radius 2 is 2.00 bits per heavy atom. The number of carbonyl (C=O) groups is 3. The highest BCUT2D eigenvalue weighted by atomic mass is 32.2. The molecule has 0 aromatic carbocycles. The van der Waals surface area contributed by atoms with Gasteiger partial charge in [-0.05, 0) is 0 Å². The monoisotopic (exact) mass is 293 g/mol. The Balaban J connectivity index is 3.69. The van der Waals surface area contributed by atoms with Crippen LogP contribution in [0.25, 0.3) is 0 Å². The topological polar surface area (TPSA) is 120 Å². The predicted molar refractivity (Wildman–Crippen MR) is 70.7 cm³/mol. The van der Waals surface area contributed by atoms with Crippen LogP contribution in [0.2, 0.25) is 0 Å². The van der Waals surface area contributed by atoms with Crippen LogP contribution >= 0.6 is 11.8 Å². The van der Waals surface area contributed by atoms with E-state index in [9.17, 15) is 14.4 Å². The van der Waals surface area contributed by atoms with E-state index in [-0.39, 0.29) is 11.5 Å². The Labute approximate surface area is 115 Å². The number of hydrogen-bond donors (Lipinski definition) is 3. The van der Waals surface area contributed by atoms with E-state index < -0.39 is 23.9 Å². The van der Waals surface area contributed by atoms with Gasteiger partial charge < -0.3 is 20.5 Å². The van der Waals surface area contributed by atoms with Crippen molar-refractivity contribution >= 4 is 29.7 Å². The molecule has 0 aliphatic rings. The first-order valence-corrected chi connectivity index (χ1v) is 6.64. The van der Waals surface area contributed by atoms with Gasteiger partial charge in [0.05, 0.1) is 19.5 Å². The number of carbonyl (C=O) groups excluding carboxylic acids is 3. The second-order valence-electron chi connectivity index (χ2n) is 3.44. The van der Waals surface area contributed by atoms with E-state index in [4.69, 9.17) is 10.5 Å². The lowest BCUT2D eigenvalue weighted by Crippen LogP contribution is -2.41. The summed E-state index contributed by atoms with van der Waals surface area (Å²) in [6.07, 6.45) is 0. The molecule has 0 aromatic heterocycles. The van der Waals surface area contributed by atoms with Crippen molar-refractivity contribution < 1.29 is 23.9 Å². The Hall–Kier alpha value is -1.32. The van der Waals surface area contributed by atoms with Crippen LogP contribution in [0.3, 0.4) is 0 Å². The fraction of sp³-hybridized carbons (Fsp3) is 0.700. The van der Waals surface area contributed by atoms with Gasteiger partial charge in [-0.3, -0.25) is 14.9 Å². The standard InChI is InChI=1S/C10H19N3O5S/c1-17-4-3-12-10(16)13-8(14)6-19-5-7(11)9(15)18-2/h7H,3-6,11H2,1-2H3,(H2,12,13,14,16). The smallest absolute Gasteiger partial charge is 0.323 e. The minimum absolute atomic E-state index is 0.0302. The zero-order chi connectivity index (χ0) is 14.7. The molecule has 1 atom stereocenters. The van der Waals surface area contributed by atoms with Crippen molar-refractivity contribution in [3.63, 3.8) is 0 Å². The number of imide groups is 1. The molecule has 0 rings (SSSR count). The van der Waals surface area contributed by atoms with E-state index in [1.165, 1.54) is 14.2 Å². The Bertz CT molecular complexity index is 314. The van der Waals surface area contributed by atoms with E-state index in [1.807, 2.05) is 0 Å². The third-order valence-electron chi connectivity index (χ3n) is 1.88. The van der Waals surface area contributed by atoms with Crippen LogP contribution in [0.15, 0.2) is 0 Å². The number of nitrogens with two attached hydrogens (primary N) is 1. The van der Waals surface area contributed by atoms with Crippen LogP contribution in [0, 0.1) is 0 Å². The van der Waals surface area contributed by atoms with Crippen molar-refractivity contribution in [3.05, 3.63) is 0 Å². The summed E-state index contributed by atoms with van der Waals surface area (Å²) in [4.78, 5) is 33.5. The summed E-state index contributed by atoms with van der Waals surface area (Å²) in [5, 5.41) is 4.57. The zero-order valence-electron chi connectivity index (χ0n) is 10.9. The molecule has 8 nitrogen and oxygen atoms in total. The van der Waals surface area contributed by atoms with Gasteiger partial charge in [0, 0.05) is 19.4 Å². The summed E-state index contributed by atoms with van der Waals surface area (Å²) in [6, 6.07) is -1.36. The molecule has 0 heterocycles. The number of methoxy groups -OCH3 is 2. The Morgan fingerprint density at radius 1 is 1.32 bits per heavy atom. The van der Waals surface area contributed by atoms with Gasteiger partial charge in [-0.25, -0.2) is 4.79 Å². The lowest BCUT2D eigenvalue weighted by molar-refractivity contribution is -0.141. The highest BCUT2D eigenvalue weighted by Crippen LogP contribution is 2.02. The van der Waals surface area contributed by atoms with Crippen LogP contribution in [-0.4, -0.2) is 62.8 Å². The highest BCUT2D eigenvalue weighted by Gasteiger charge is 2.14. The summed E-state index contributed by atoms with van der Waals surface area (Å²) < 4.78 is 9.17. The van der Waals surface area contributed by atoms with E-state index in [2.05, 4.69) is 15.4 Å². The van der Waals surface area contributed by atoms with Gasteiger partial charge in [0.2, 0.25) is 5.91 Å². The van der Waals surface area contributed by atoms with Gasteiger partial charge in [0.1, 0.15) is 6.04 Å². The molecule has 0 saturated carbocycles. The summed E-state index contributed by atoms with van der Waals surface area (Å²) in [5.41, 5.74) is 5.48. The number of thioether (sulfide) groups is 1. The first-order chi connectivity index (χ1) is 9.01. The van der Waals surface area contributed by atoms with Gasteiger partial charge >= 0.3 is 12.0 Å². The third-order valence-corrected chi connectivity index (χ3v) is 2.94. The molecule has 4 N–H and O–H groups in total. The molecule has 19 heavy (non-hydrogen) atoms. The second kappa shape index (κ2) is 10.6. The van der Waals surface area contributed by atoms with Crippen LogP contribution in [0.1, 0.15) is 0 Å². The maximum absolute atomic E-state index is 11.3. The van der Waals surface area contributed by atoms with Crippen molar-refractivity contribution in [2.75, 3.05) is 38.9 Å². The zero-order valence-corrected chi connectivity index (χ0v) is 11.7. The summed E-state index contributed by atoms with van der Waals surface area (Å²) >= 11 is 1.14. The molecule has 0 bridgehead atoms. The molecular weight excluding hydrogens is 274 g/mol. The largest absolute Gasteiger partial charge is 0.468 e. The lowest BCUT2D eigenvalue weighted by atomic mass is 10.4. The number of ether oxygens (including phenoxy) is 2. The second-order valence-corrected chi connectivity index (χ2v) is 4.47. The summed E-state index contributed by atoms with van der Waals surface area (Å²) in [7, 11) is 2.75. The molecule has 9 heteroatoms. The summed E-state index contributed by atoms with van der Waals surface area (Å²) in [6.45, 7) is 0.681. The number of esters is 1. The summed E-state index contributed by atoms with van der Waals surface area (Å²) in [5.74, 6) is -0.726. The first kappa shape index (κ1) is 17.7. The number of urea groups is 1. The van der Waals surface area contributed by atoms with Gasteiger partial charge in [0.25, 0.3) is 0 Å². The molecule has 0 saturated heterocycles. The molecule has 0 aromatic rings. The van der Waals surface area contributed by atoms with Gasteiger partial charge in [-0.1, -0.05) is 0 Å². The molecular formula is C10H19N3O5S. The van der Waals surface area contributed by atoms with E-state index >= 15 is 0 Å². The van der Waals surface area contributed by atoms with Crippen molar-refractivity contribution in [1.82, 2.24) is 10.6 Å². The van der Waals surface area contributed by atoms with Gasteiger partial charge in [-0.15, -0.1) is 11.8 Å². The van der Waals surface area contributed by atoms with Crippen molar-refractivity contribution in [2.45, 2.75) is 6.04 Å². The lowest BCUT2D eigenvalue weighted by Gasteiger charge is -2.09. The number of nitrogens with one attached hydrogen (secondary N) is 2. The minimum atomic E-state index is -0.779. The Kier molecular flexibility index (Phi) is 9.85. The quantitative estimate of drug-likeness (QED) is 0.375. The molecule has 0 aliphatic carbocycles. The maximum Gasteiger partial charge on any atom is 0.323 e. The van der Waals surface area contributed by atoms with Crippen molar-refractivity contribution in [1.29, 1.82) is 0 Å². The molecule has 1 unspecified atom stereocenters. The number of amides is 3. The first-order valence-electron chi connectivity index (χ1n) is 5.49. The molecule has 0 fully saturated rings. The van der Waals surface area contributed by atoms with Gasteiger partial charge in [-0.2, -0.15) is 0 Å². The predicted octanol–water partition coefficient (Wildman–Crippen LogP) is -1.31. The fourth-order valence-electron chi connectivity index (χ4n) is 0.972. The van der Waals surface area contributed by atoms with E-state index in [0.717, 1.165) is 11.8 Å². The van der Waals surface area contributed by atoms with Gasteiger partial charge in [0.15, 0.2) is 0 Å². The average Bonchev–Trinajstić information content (AvgIpc) is 2.37. The normalized spacial score (nSPS) is 11.5. The van der Waals surface area contributed by atoms with E-state index in [0.29, 0.717) is 13.2 Å². The third kappa shape index (κ3) is 9.28. The molecule has 110 valence electrons. The van der Waals surface area contributed by atoms with Crippen LogP contribution in [0.5, 0.6) is 0 Å². The molecule has 0 spiro atoms. The number of hydrogen-bond acceptors (Lipinski definition) is 7. The van der Waals surface area contributed by atoms with Crippen LogP contribution in [0.4, 0.5) is 4.79 Å². The average molecular weight is 293 g/mol. The molecule has 0 radical (unpaired) electrons. The molecule has 0 aliphatic heterocycles. The van der Waals surface area contributed by atoms with Crippen molar-refractivity contribution in [2.24, 2.45) is 5.73 Å². The maximum atomic E-state index is 11.3. The number of rotatable bonds is 8. The van der Waals surface area contributed by atoms with Crippen LogP contribution in [-0.2, 0) is 19.1 Å². The van der Waals surface area contributed by atoms with Crippen molar-refractivity contribution in [3.8, 4) is 0 Å². The minimum Gasteiger partial charge on any atom is -0.468 e.